The fraction of sp³-hybridized carbons (Fsp3) is 0.500. The maximum Gasteiger partial charge on any atom is 0.131 e. The van der Waals surface area contributed by atoms with Crippen molar-refractivity contribution in [3.8, 4) is 0 Å². The van der Waals surface area contributed by atoms with E-state index in [1.165, 1.54) is 12.1 Å². The fourth-order valence-corrected chi connectivity index (χ4v) is 2.42. The second-order valence-corrected chi connectivity index (χ2v) is 4.62. The monoisotopic (exact) mass is 226 g/mol. The Morgan fingerprint density at radius 2 is 2.12 bits per heavy atom. The van der Waals surface area contributed by atoms with Crippen LogP contribution in [0, 0.1) is 11.6 Å². The minimum atomic E-state index is -0.690. The van der Waals surface area contributed by atoms with Gasteiger partial charge in [-0.3, -0.25) is 0 Å². The molecule has 0 aromatic heterocycles. The molecule has 1 saturated heterocycles. The average Bonchev–Trinajstić information content (AvgIpc) is 2.16. The molecule has 0 spiro atoms. The first-order valence-electron chi connectivity index (χ1n) is 5.44. The van der Waals surface area contributed by atoms with Gasteiger partial charge in [0.1, 0.15) is 11.6 Å². The predicted molar refractivity (Wildman–Crippen MR) is 59.0 cm³/mol. The molecule has 0 saturated carbocycles. The van der Waals surface area contributed by atoms with Crippen molar-refractivity contribution in [1.82, 2.24) is 4.90 Å². The quantitative estimate of drug-likeness (QED) is 0.791. The van der Waals surface area contributed by atoms with Crippen molar-refractivity contribution in [2.24, 2.45) is 5.73 Å². The number of rotatable bonds is 1. The summed E-state index contributed by atoms with van der Waals surface area (Å²) in [5.41, 5.74) is 5.94. The van der Waals surface area contributed by atoms with E-state index in [-0.39, 0.29) is 0 Å². The van der Waals surface area contributed by atoms with Gasteiger partial charge in [0.2, 0.25) is 0 Å². The normalized spacial score (nSPS) is 27.0. The Morgan fingerprint density at radius 1 is 1.38 bits per heavy atom. The summed E-state index contributed by atoms with van der Waals surface area (Å²) in [5.74, 6) is -1.10. The van der Waals surface area contributed by atoms with Crippen LogP contribution in [0.1, 0.15) is 18.4 Å². The van der Waals surface area contributed by atoms with Gasteiger partial charge >= 0.3 is 0 Å². The van der Waals surface area contributed by atoms with Gasteiger partial charge < -0.3 is 10.6 Å². The Balaban J connectivity index is 2.34. The molecule has 4 heteroatoms. The van der Waals surface area contributed by atoms with Crippen LogP contribution in [0.4, 0.5) is 8.78 Å². The lowest BCUT2D eigenvalue weighted by Crippen LogP contribution is -2.51. The van der Waals surface area contributed by atoms with Gasteiger partial charge in [0.15, 0.2) is 0 Å². The number of likely N-dealkylation sites (tertiary alicyclic amines) is 1. The van der Waals surface area contributed by atoms with Crippen LogP contribution in [0.5, 0.6) is 0 Å². The van der Waals surface area contributed by atoms with Gasteiger partial charge in [-0.15, -0.1) is 0 Å². The SMILES string of the molecule is CN1CCCC(N)(c2ccc(F)cc2F)C1. The van der Waals surface area contributed by atoms with Gasteiger partial charge in [-0.2, -0.15) is 0 Å². The zero-order chi connectivity index (χ0) is 11.8. The number of benzene rings is 1. The Bertz CT molecular complexity index is 395. The number of hydrogen-bond donors (Lipinski definition) is 1. The van der Waals surface area contributed by atoms with Crippen LogP contribution in [0.2, 0.25) is 0 Å². The average molecular weight is 226 g/mol. The van der Waals surface area contributed by atoms with E-state index >= 15 is 0 Å². The van der Waals surface area contributed by atoms with E-state index in [2.05, 4.69) is 4.90 Å². The molecule has 2 nitrogen and oxygen atoms in total. The summed E-state index contributed by atoms with van der Waals surface area (Å²) in [5, 5.41) is 0. The number of piperidine rings is 1. The van der Waals surface area contributed by atoms with Crippen LogP contribution >= 0.6 is 0 Å². The van der Waals surface area contributed by atoms with Crippen molar-refractivity contribution < 1.29 is 8.78 Å². The molecule has 1 heterocycles. The molecule has 1 aliphatic rings. The molecule has 16 heavy (non-hydrogen) atoms. The van der Waals surface area contributed by atoms with Crippen molar-refractivity contribution in [2.45, 2.75) is 18.4 Å². The van der Waals surface area contributed by atoms with E-state index in [4.69, 9.17) is 5.73 Å². The summed E-state index contributed by atoms with van der Waals surface area (Å²) in [7, 11) is 1.96. The minimum Gasteiger partial charge on any atom is -0.320 e. The van der Waals surface area contributed by atoms with E-state index < -0.39 is 17.2 Å². The van der Waals surface area contributed by atoms with Crippen LogP contribution in [0.3, 0.4) is 0 Å². The van der Waals surface area contributed by atoms with Crippen LogP contribution in [-0.4, -0.2) is 25.0 Å². The lowest BCUT2D eigenvalue weighted by molar-refractivity contribution is 0.176. The molecule has 1 atom stereocenters. The molecule has 0 bridgehead atoms. The van der Waals surface area contributed by atoms with E-state index in [1.54, 1.807) is 0 Å². The molecule has 1 unspecified atom stereocenters. The van der Waals surface area contributed by atoms with Crippen molar-refractivity contribution in [3.63, 3.8) is 0 Å². The Labute approximate surface area is 94.0 Å². The van der Waals surface area contributed by atoms with E-state index in [9.17, 15) is 8.78 Å². The fourth-order valence-electron chi connectivity index (χ4n) is 2.42. The molecule has 2 rings (SSSR count). The second-order valence-electron chi connectivity index (χ2n) is 4.62. The number of hydrogen-bond acceptors (Lipinski definition) is 2. The van der Waals surface area contributed by atoms with E-state index in [0.29, 0.717) is 12.1 Å². The first-order valence-corrected chi connectivity index (χ1v) is 5.44. The molecule has 1 aliphatic heterocycles. The third-order valence-electron chi connectivity index (χ3n) is 3.18. The standard InChI is InChI=1S/C12H16F2N2/c1-16-6-2-5-12(15,8-16)10-4-3-9(13)7-11(10)14/h3-4,7H,2,5-6,8,15H2,1H3. The van der Waals surface area contributed by atoms with Crippen LogP contribution in [-0.2, 0) is 5.54 Å². The molecule has 1 aromatic carbocycles. The summed E-state index contributed by atoms with van der Waals surface area (Å²) in [6.45, 7) is 1.58. The second kappa shape index (κ2) is 4.11. The van der Waals surface area contributed by atoms with Gasteiger partial charge in [0, 0.05) is 18.2 Å². The summed E-state index contributed by atoms with van der Waals surface area (Å²) < 4.78 is 26.5. The van der Waals surface area contributed by atoms with Crippen LogP contribution < -0.4 is 5.73 Å². The molecule has 0 aliphatic carbocycles. The highest BCUT2D eigenvalue weighted by Gasteiger charge is 2.34. The van der Waals surface area contributed by atoms with Crippen molar-refractivity contribution >= 4 is 0 Å². The number of nitrogens with zero attached hydrogens (tertiary/aromatic N) is 1. The van der Waals surface area contributed by atoms with Gasteiger partial charge in [0.05, 0.1) is 5.54 Å². The van der Waals surface area contributed by atoms with Gasteiger partial charge in [0.25, 0.3) is 0 Å². The third-order valence-corrected chi connectivity index (χ3v) is 3.18. The Morgan fingerprint density at radius 3 is 2.75 bits per heavy atom. The Hall–Kier alpha value is -1.00. The predicted octanol–water partition coefficient (Wildman–Crippen LogP) is 1.84. The van der Waals surface area contributed by atoms with E-state index in [1.807, 2.05) is 7.05 Å². The smallest absolute Gasteiger partial charge is 0.131 e. The summed E-state index contributed by atoms with van der Waals surface area (Å²) >= 11 is 0. The molecular formula is C12H16F2N2. The topological polar surface area (TPSA) is 29.3 Å². The largest absolute Gasteiger partial charge is 0.320 e. The van der Waals surface area contributed by atoms with Gasteiger partial charge in [-0.25, -0.2) is 8.78 Å². The zero-order valence-electron chi connectivity index (χ0n) is 9.34. The summed E-state index contributed by atoms with van der Waals surface area (Å²) in [4.78, 5) is 2.08. The molecule has 0 radical (unpaired) electrons. The minimum absolute atomic E-state index is 0.417. The third kappa shape index (κ3) is 2.08. The number of halogens is 2. The lowest BCUT2D eigenvalue weighted by Gasteiger charge is -2.39. The number of likely N-dealkylation sites (N-methyl/N-ethyl adjacent to an activating group) is 1. The molecular weight excluding hydrogens is 210 g/mol. The maximum absolute atomic E-state index is 13.7. The van der Waals surface area contributed by atoms with E-state index in [0.717, 1.165) is 25.5 Å². The summed E-state index contributed by atoms with van der Waals surface area (Å²) in [6, 6.07) is 3.63. The highest BCUT2D eigenvalue weighted by molar-refractivity contribution is 5.27. The first-order chi connectivity index (χ1) is 7.51. The molecule has 0 amide bonds. The molecule has 2 N–H and O–H groups in total. The first kappa shape index (κ1) is 11.5. The maximum atomic E-state index is 13.7. The zero-order valence-corrected chi connectivity index (χ0v) is 9.34. The number of nitrogens with two attached hydrogens (primary N) is 1. The highest BCUT2D eigenvalue weighted by Crippen LogP contribution is 2.30. The van der Waals surface area contributed by atoms with Crippen molar-refractivity contribution in [1.29, 1.82) is 0 Å². The molecule has 88 valence electrons. The molecule has 1 aromatic rings. The van der Waals surface area contributed by atoms with Gasteiger partial charge in [-0.05, 0) is 32.5 Å². The van der Waals surface area contributed by atoms with Gasteiger partial charge in [-0.1, -0.05) is 6.07 Å². The summed E-state index contributed by atoms with van der Waals surface area (Å²) in [6.07, 6.45) is 1.67. The van der Waals surface area contributed by atoms with Crippen molar-refractivity contribution in [2.75, 3.05) is 20.1 Å². The molecule has 1 fully saturated rings. The van der Waals surface area contributed by atoms with Crippen LogP contribution in [0.15, 0.2) is 18.2 Å². The van der Waals surface area contributed by atoms with Crippen molar-refractivity contribution in [3.05, 3.63) is 35.4 Å². The lowest BCUT2D eigenvalue weighted by atomic mass is 9.83. The van der Waals surface area contributed by atoms with Crippen LogP contribution in [0.25, 0.3) is 0 Å². The highest BCUT2D eigenvalue weighted by atomic mass is 19.1. The Kier molecular flexibility index (Phi) is 2.95.